The lowest BCUT2D eigenvalue weighted by molar-refractivity contribution is 0.385. The van der Waals surface area contributed by atoms with Crippen LogP contribution in [0.25, 0.3) is 22.0 Å². The van der Waals surface area contributed by atoms with Gasteiger partial charge in [0.2, 0.25) is 11.8 Å². The van der Waals surface area contributed by atoms with Gasteiger partial charge in [0, 0.05) is 36.1 Å². The Hall–Kier alpha value is -3.50. The number of aromatic nitrogens is 3. The van der Waals surface area contributed by atoms with E-state index in [2.05, 4.69) is 25.0 Å². The van der Waals surface area contributed by atoms with E-state index in [1.165, 1.54) is 37.6 Å². The van der Waals surface area contributed by atoms with Gasteiger partial charge in [-0.3, -0.25) is 4.72 Å². The van der Waals surface area contributed by atoms with Gasteiger partial charge in [0.1, 0.15) is 5.82 Å². The molecule has 0 aliphatic heterocycles. The highest BCUT2D eigenvalue weighted by Gasteiger charge is 2.22. The maximum absolute atomic E-state index is 14.6. The lowest BCUT2D eigenvalue weighted by Crippen LogP contribution is -2.15. The van der Waals surface area contributed by atoms with E-state index in [4.69, 9.17) is 16.3 Å². The topological polar surface area (TPSA) is 106 Å². The Morgan fingerprint density at radius 1 is 1.06 bits per heavy atom. The average molecular weight is 474 g/mol. The number of nitrogens with one attached hydrogen (secondary N) is 2. The zero-order valence-corrected chi connectivity index (χ0v) is 18.5. The summed E-state index contributed by atoms with van der Waals surface area (Å²) in [5.74, 6) is -0.152. The van der Waals surface area contributed by atoms with Gasteiger partial charge < -0.3 is 10.1 Å². The highest BCUT2D eigenvalue weighted by Crippen LogP contribution is 2.31. The van der Waals surface area contributed by atoms with Gasteiger partial charge in [-0.15, -0.1) is 0 Å². The number of rotatable bonds is 6. The highest BCUT2D eigenvalue weighted by molar-refractivity contribution is 7.92. The van der Waals surface area contributed by atoms with Crippen LogP contribution >= 0.6 is 11.6 Å². The maximum Gasteiger partial charge on any atom is 0.267 e. The molecule has 0 fully saturated rings. The summed E-state index contributed by atoms with van der Waals surface area (Å²) >= 11 is 5.90. The smallest absolute Gasteiger partial charge is 0.267 e. The van der Waals surface area contributed by atoms with Crippen molar-refractivity contribution >= 4 is 44.2 Å². The van der Waals surface area contributed by atoms with Crippen LogP contribution in [-0.4, -0.2) is 37.5 Å². The summed E-state index contributed by atoms with van der Waals surface area (Å²) in [7, 11) is -1.09. The van der Waals surface area contributed by atoms with Crippen LogP contribution in [-0.2, 0) is 10.0 Å². The molecule has 0 bridgehead atoms. The summed E-state index contributed by atoms with van der Waals surface area (Å²) in [6.07, 6.45) is 2.90. The van der Waals surface area contributed by atoms with E-state index in [1.807, 2.05) is 0 Å². The molecule has 0 aliphatic rings. The van der Waals surface area contributed by atoms with Gasteiger partial charge in [0.15, 0.2) is 4.90 Å². The van der Waals surface area contributed by atoms with Crippen LogP contribution in [0.2, 0.25) is 5.02 Å². The first-order valence-electron chi connectivity index (χ1n) is 9.27. The molecule has 2 aromatic carbocycles. The third-order valence-corrected chi connectivity index (χ3v) is 6.18. The Labute approximate surface area is 188 Å². The number of fused-ring (bicyclic) bond motifs is 1. The minimum Gasteiger partial charge on any atom is -0.480 e. The molecule has 4 rings (SSSR count). The molecular weight excluding hydrogens is 457 g/mol. The molecule has 11 heteroatoms. The number of hydrogen-bond donors (Lipinski definition) is 2. The maximum atomic E-state index is 14.6. The minimum absolute atomic E-state index is 0.111. The Kier molecular flexibility index (Phi) is 5.81. The third kappa shape index (κ3) is 4.27. The quantitative estimate of drug-likeness (QED) is 0.429. The summed E-state index contributed by atoms with van der Waals surface area (Å²) in [6.45, 7) is 0. The van der Waals surface area contributed by atoms with E-state index >= 15 is 0 Å². The number of nitrogens with zero attached hydrogens (tertiary/aromatic N) is 3. The summed E-state index contributed by atoms with van der Waals surface area (Å²) < 4.78 is 47.9. The van der Waals surface area contributed by atoms with Crippen molar-refractivity contribution in [3.63, 3.8) is 0 Å². The number of pyridine rings is 1. The van der Waals surface area contributed by atoms with Crippen molar-refractivity contribution in [3.05, 3.63) is 65.7 Å². The number of methoxy groups -OCH3 is 1. The van der Waals surface area contributed by atoms with E-state index in [0.29, 0.717) is 22.4 Å². The lowest BCUT2D eigenvalue weighted by atomic mass is 10.0. The zero-order valence-electron chi connectivity index (χ0n) is 16.9. The molecule has 2 aromatic heterocycles. The predicted molar refractivity (Wildman–Crippen MR) is 121 cm³/mol. The van der Waals surface area contributed by atoms with Gasteiger partial charge >= 0.3 is 0 Å². The van der Waals surface area contributed by atoms with Crippen LogP contribution in [0.4, 0.5) is 16.0 Å². The number of benzene rings is 2. The molecular formula is C21H17ClFN5O3S. The van der Waals surface area contributed by atoms with E-state index in [0.717, 1.165) is 0 Å². The monoisotopic (exact) mass is 473 g/mol. The Morgan fingerprint density at radius 3 is 2.62 bits per heavy atom. The van der Waals surface area contributed by atoms with Crippen molar-refractivity contribution < 1.29 is 17.5 Å². The summed E-state index contributed by atoms with van der Waals surface area (Å²) in [5.41, 5.74) is 1.59. The first-order valence-corrected chi connectivity index (χ1v) is 11.1. The molecule has 2 heterocycles. The summed E-state index contributed by atoms with van der Waals surface area (Å²) in [4.78, 5) is 12.1. The molecule has 0 aliphatic carbocycles. The van der Waals surface area contributed by atoms with Gasteiger partial charge in [-0.05, 0) is 42.0 Å². The van der Waals surface area contributed by atoms with Gasteiger partial charge in [-0.2, -0.15) is 0 Å². The second-order valence-electron chi connectivity index (χ2n) is 6.68. The number of hydrogen-bond acceptors (Lipinski definition) is 7. The SMILES string of the molecule is CNc1ncc2cc(-c3cc(NS(=O)(=O)c4cc(Cl)cnc4OC)ccc3F)ccc2n1. The van der Waals surface area contributed by atoms with E-state index in [-0.39, 0.29) is 27.0 Å². The highest BCUT2D eigenvalue weighted by atomic mass is 35.5. The standard InChI is InChI=1S/C21H17ClFN5O3S/c1-24-21-26-10-13-7-12(3-6-18(13)27-21)16-9-15(4-5-17(16)23)28-32(29,30)19-8-14(22)11-25-20(19)31-2/h3-11,28H,1-2H3,(H,24,26,27). The fourth-order valence-electron chi connectivity index (χ4n) is 3.10. The second-order valence-corrected chi connectivity index (χ2v) is 8.77. The summed E-state index contributed by atoms with van der Waals surface area (Å²) in [6, 6.07) is 10.3. The van der Waals surface area contributed by atoms with Crippen molar-refractivity contribution in [2.24, 2.45) is 0 Å². The predicted octanol–water partition coefficient (Wildman–Crippen LogP) is 4.34. The Morgan fingerprint density at radius 2 is 1.88 bits per heavy atom. The van der Waals surface area contributed by atoms with Crippen molar-refractivity contribution in [2.75, 3.05) is 24.2 Å². The third-order valence-electron chi connectivity index (χ3n) is 4.60. The Bertz CT molecular complexity index is 1430. The molecule has 0 saturated carbocycles. The second kappa shape index (κ2) is 8.56. The van der Waals surface area contributed by atoms with E-state index in [9.17, 15) is 12.8 Å². The molecule has 0 radical (unpaired) electrons. The summed E-state index contributed by atoms with van der Waals surface area (Å²) in [5, 5.41) is 3.70. The molecule has 0 saturated heterocycles. The minimum atomic E-state index is -4.10. The molecule has 0 unspecified atom stereocenters. The van der Waals surface area contributed by atoms with Crippen LogP contribution in [0.5, 0.6) is 5.88 Å². The normalized spacial score (nSPS) is 11.4. The number of ether oxygens (including phenoxy) is 1. The van der Waals surface area contributed by atoms with Crippen LogP contribution in [0.1, 0.15) is 0 Å². The van der Waals surface area contributed by atoms with Crippen molar-refractivity contribution in [3.8, 4) is 17.0 Å². The molecule has 4 aromatic rings. The van der Waals surface area contributed by atoms with Gasteiger partial charge in [-0.1, -0.05) is 17.7 Å². The number of halogens is 2. The van der Waals surface area contributed by atoms with E-state index < -0.39 is 15.8 Å². The molecule has 0 atom stereocenters. The molecule has 0 amide bonds. The van der Waals surface area contributed by atoms with Crippen molar-refractivity contribution in [1.29, 1.82) is 0 Å². The first-order chi connectivity index (χ1) is 15.3. The lowest BCUT2D eigenvalue weighted by Gasteiger charge is -2.13. The molecule has 8 nitrogen and oxygen atoms in total. The first kappa shape index (κ1) is 21.7. The fraction of sp³-hybridized carbons (Fsp3) is 0.0952. The van der Waals surface area contributed by atoms with Gasteiger partial charge in [0.05, 0.1) is 17.6 Å². The zero-order chi connectivity index (χ0) is 22.9. The number of anilines is 2. The van der Waals surface area contributed by atoms with Crippen LogP contribution < -0.4 is 14.8 Å². The molecule has 2 N–H and O–H groups in total. The van der Waals surface area contributed by atoms with Crippen LogP contribution in [0.15, 0.2) is 59.8 Å². The van der Waals surface area contributed by atoms with Crippen molar-refractivity contribution in [2.45, 2.75) is 4.90 Å². The average Bonchev–Trinajstić information content (AvgIpc) is 2.79. The molecule has 164 valence electrons. The van der Waals surface area contributed by atoms with Crippen LogP contribution in [0, 0.1) is 5.82 Å². The van der Waals surface area contributed by atoms with Gasteiger partial charge in [-0.25, -0.2) is 27.8 Å². The number of sulfonamides is 1. The van der Waals surface area contributed by atoms with Crippen LogP contribution in [0.3, 0.4) is 0 Å². The van der Waals surface area contributed by atoms with Crippen molar-refractivity contribution in [1.82, 2.24) is 15.0 Å². The fourth-order valence-corrected chi connectivity index (χ4v) is 4.51. The Balaban J connectivity index is 1.72. The van der Waals surface area contributed by atoms with E-state index in [1.54, 1.807) is 31.4 Å². The molecule has 0 spiro atoms. The largest absolute Gasteiger partial charge is 0.480 e. The van der Waals surface area contributed by atoms with Gasteiger partial charge in [0.25, 0.3) is 10.0 Å². The molecule has 32 heavy (non-hydrogen) atoms.